The van der Waals surface area contributed by atoms with Crippen molar-refractivity contribution in [3.63, 3.8) is 0 Å². The van der Waals surface area contributed by atoms with Gasteiger partial charge in [0.2, 0.25) is 0 Å². The van der Waals surface area contributed by atoms with Crippen molar-refractivity contribution < 1.29 is 9.47 Å². The molecule has 1 atom stereocenters. The van der Waals surface area contributed by atoms with Gasteiger partial charge in [-0.1, -0.05) is 12.1 Å². The highest BCUT2D eigenvalue weighted by atomic mass is 16.5. The highest BCUT2D eigenvalue weighted by molar-refractivity contribution is 5.77. The van der Waals surface area contributed by atoms with Crippen molar-refractivity contribution in [1.29, 1.82) is 0 Å². The van der Waals surface area contributed by atoms with E-state index in [0.717, 1.165) is 34.0 Å². The second-order valence-electron chi connectivity index (χ2n) is 7.04. The van der Waals surface area contributed by atoms with Crippen molar-refractivity contribution >= 4 is 12.0 Å². The van der Waals surface area contributed by atoms with Crippen LogP contribution < -0.4 is 16.0 Å². The maximum absolute atomic E-state index is 5.92. The van der Waals surface area contributed by atoms with Crippen LogP contribution in [0.25, 0.3) is 5.70 Å². The largest absolute Gasteiger partial charge is 0.491 e. The fraction of sp³-hybridized carbons (Fsp3) is 0.300. The first kappa shape index (κ1) is 19.0. The van der Waals surface area contributed by atoms with E-state index in [9.17, 15) is 0 Å². The molecule has 4 rings (SSSR count). The Labute approximate surface area is 169 Å². The number of methoxy groups -OCH3 is 1. The van der Waals surface area contributed by atoms with E-state index in [1.807, 2.05) is 55.8 Å². The summed E-state index contributed by atoms with van der Waals surface area (Å²) in [6, 6.07) is 8.01. The van der Waals surface area contributed by atoms with Gasteiger partial charge in [0.05, 0.1) is 24.5 Å². The number of nitrogens with one attached hydrogen (secondary N) is 1. The quantitative estimate of drug-likeness (QED) is 0.688. The Bertz CT molecular complexity index is 979. The minimum absolute atomic E-state index is 0.0356. The standard InChI is InChI=1S/C20H25N7O2/c1-14(28-3)12-29-17-6-4-5-15(7-17)9-27-18-11-26(21)13-22-20(18)19(24-27)16-8-23-25(2)10-16/h4-8,10-11,13-14,24H,9,12,21H2,1-3H3. The highest BCUT2D eigenvalue weighted by Crippen LogP contribution is 2.34. The van der Waals surface area contributed by atoms with E-state index in [2.05, 4.69) is 21.6 Å². The second-order valence-corrected chi connectivity index (χ2v) is 7.04. The monoisotopic (exact) mass is 395 g/mol. The summed E-state index contributed by atoms with van der Waals surface area (Å²) in [5.41, 5.74) is 8.12. The summed E-state index contributed by atoms with van der Waals surface area (Å²) in [7, 11) is 3.56. The molecule has 0 bridgehead atoms. The lowest BCUT2D eigenvalue weighted by atomic mass is 10.2. The molecule has 0 spiro atoms. The first-order chi connectivity index (χ1) is 14.0. The molecule has 2 aliphatic heterocycles. The predicted octanol–water partition coefficient (Wildman–Crippen LogP) is 1.58. The maximum atomic E-state index is 5.92. The van der Waals surface area contributed by atoms with Crippen LogP contribution in [0.1, 0.15) is 18.1 Å². The van der Waals surface area contributed by atoms with Crippen molar-refractivity contribution in [2.24, 2.45) is 17.9 Å². The molecule has 1 aromatic carbocycles. The lowest BCUT2D eigenvalue weighted by Crippen LogP contribution is -2.33. The number of aromatic nitrogens is 2. The summed E-state index contributed by atoms with van der Waals surface area (Å²) >= 11 is 0. The van der Waals surface area contributed by atoms with E-state index in [1.165, 1.54) is 5.01 Å². The molecule has 0 saturated carbocycles. The number of benzene rings is 1. The number of hydrogen-bond acceptors (Lipinski definition) is 8. The van der Waals surface area contributed by atoms with Gasteiger partial charge < -0.3 is 9.47 Å². The summed E-state index contributed by atoms with van der Waals surface area (Å²) in [4.78, 5) is 4.51. The third-order valence-corrected chi connectivity index (χ3v) is 4.73. The van der Waals surface area contributed by atoms with Crippen LogP contribution in [-0.2, 0) is 18.3 Å². The van der Waals surface area contributed by atoms with Crippen LogP contribution in [0.15, 0.2) is 59.2 Å². The van der Waals surface area contributed by atoms with Crippen molar-refractivity contribution in [1.82, 2.24) is 25.2 Å². The molecule has 0 fully saturated rings. The van der Waals surface area contributed by atoms with Crippen molar-refractivity contribution in [2.75, 3.05) is 13.7 Å². The van der Waals surface area contributed by atoms with Gasteiger partial charge in [0.15, 0.2) is 0 Å². The zero-order valence-electron chi connectivity index (χ0n) is 16.7. The highest BCUT2D eigenvalue weighted by Gasteiger charge is 2.30. The van der Waals surface area contributed by atoms with Crippen molar-refractivity contribution in [2.45, 2.75) is 19.6 Å². The molecule has 1 aromatic heterocycles. The van der Waals surface area contributed by atoms with Gasteiger partial charge >= 0.3 is 0 Å². The summed E-state index contributed by atoms with van der Waals surface area (Å²) < 4.78 is 12.8. The number of aryl methyl sites for hydroxylation is 1. The van der Waals surface area contributed by atoms with Gasteiger partial charge in [0.1, 0.15) is 30.1 Å². The lowest BCUT2D eigenvalue weighted by Gasteiger charge is -2.24. The first-order valence-electron chi connectivity index (χ1n) is 9.35. The zero-order chi connectivity index (χ0) is 20.4. The predicted molar refractivity (Wildman–Crippen MR) is 110 cm³/mol. The molecule has 29 heavy (non-hydrogen) atoms. The Kier molecular flexibility index (Phi) is 5.24. The number of nitrogens with two attached hydrogens (primary N) is 1. The van der Waals surface area contributed by atoms with E-state index in [4.69, 9.17) is 15.3 Å². The molecule has 2 aliphatic rings. The number of hydrazine groups is 2. The number of aliphatic imine (C=N–C) groups is 1. The summed E-state index contributed by atoms with van der Waals surface area (Å²) in [6.07, 6.45) is 7.23. The molecular weight excluding hydrogens is 370 g/mol. The van der Waals surface area contributed by atoms with E-state index in [0.29, 0.717) is 13.2 Å². The van der Waals surface area contributed by atoms with Gasteiger partial charge in [-0.2, -0.15) is 5.10 Å². The van der Waals surface area contributed by atoms with Crippen molar-refractivity contribution in [3.05, 3.63) is 65.4 Å². The number of nitrogens with zero attached hydrogens (tertiary/aromatic N) is 5. The van der Waals surface area contributed by atoms with Crippen LogP contribution in [0, 0.1) is 0 Å². The Morgan fingerprint density at radius 1 is 1.31 bits per heavy atom. The first-order valence-corrected chi connectivity index (χ1v) is 9.35. The third-order valence-electron chi connectivity index (χ3n) is 4.73. The Morgan fingerprint density at radius 3 is 2.93 bits per heavy atom. The fourth-order valence-corrected chi connectivity index (χ4v) is 3.14. The van der Waals surface area contributed by atoms with Gasteiger partial charge in [-0.3, -0.25) is 20.1 Å². The van der Waals surface area contributed by atoms with E-state index >= 15 is 0 Å². The van der Waals surface area contributed by atoms with Gasteiger partial charge in [-0.15, -0.1) is 0 Å². The van der Waals surface area contributed by atoms with Gasteiger partial charge in [0, 0.05) is 32.1 Å². The molecule has 0 radical (unpaired) electrons. The summed E-state index contributed by atoms with van der Waals surface area (Å²) in [5.74, 6) is 6.73. The van der Waals surface area contributed by atoms with Crippen LogP contribution in [0.4, 0.5) is 0 Å². The summed E-state index contributed by atoms with van der Waals surface area (Å²) in [5, 5.41) is 7.74. The maximum Gasteiger partial charge on any atom is 0.119 e. The molecule has 1 unspecified atom stereocenters. The minimum atomic E-state index is 0.0356. The van der Waals surface area contributed by atoms with E-state index in [-0.39, 0.29) is 6.10 Å². The fourth-order valence-electron chi connectivity index (χ4n) is 3.14. The van der Waals surface area contributed by atoms with Gasteiger partial charge in [0.25, 0.3) is 0 Å². The van der Waals surface area contributed by atoms with Crippen LogP contribution in [0.2, 0.25) is 0 Å². The molecule has 0 saturated heterocycles. The molecule has 3 heterocycles. The normalized spacial score (nSPS) is 16.6. The van der Waals surface area contributed by atoms with Gasteiger partial charge in [-0.25, -0.2) is 10.8 Å². The number of ether oxygens (including phenoxy) is 2. The Balaban J connectivity index is 1.54. The average Bonchev–Trinajstić information content (AvgIpc) is 3.30. The molecule has 152 valence electrons. The molecule has 9 heteroatoms. The van der Waals surface area contributed by atoms with Crippen LogP contribution in [0.3, 0.4) is 0 Å². The van der Waals surface area contributed by atoms with Crippen LogP contribution in [-0.4, -0.2) is 46.0 Å². The lowest BCUT2D eigenvalue weighted by molar-refractivity contribution is 0.0716. The molecule has 2 aromatic rings. The molecule has 3 N–H and O–H groups in total. The number of hydrogen-bond donors (Lipinski definition) is 2. The molecular formula is C20H25N7O2. The molecule has 0 aliphatic carbocycles. The summed E-state index contributed by atoms with van der Waals surface area (Å²) in [6.45, 7) is 3.08. The van der Waals surface area contributed by atoms with Crippen LogP contribution in [0.5, 0.6) is 5.75 Å². The topological polar surface area (TPSA) is 93.2 Å². The number of rotatable bonds is 7. The van der Waals surface area contributed by atoms with E-state index in [1.54, 1.807) is 18.1 Å². The molecule has 0 amide bonds. The molecule has 9 nitrogen and oxygen atoms in total. The average molecular weight is 395 g/mol. The second kappa shape index (κ2) is 7.98. The minimum Gasteiger partial charge on any atom is -0.491 e. The SMILES string of the molecule is COC(C)COc1cccc(CN2NC(c3cnn(C)c3)=C3N=CN(N)C=C32)c1. The van der Waals surface area contributed by atoms with Crippen LogP contribution >= 0.6 is 0 Å². The Morgan fingerprint density at radius 2 is 2.17 bits per heavy atom. The van der Waals surface area contributed by atoms with E-state index < -0.39 is 0 Å². The Hall–Kier alpha value is -3.30. The smallest absolute Gasteiger partial charge is 0.119 e. The number of fused-ring (bicyclic) bond motifs is 1. The third kappa shape index (κ3) is 4.10. The zero-order valence-corrected chi connectivity index (χ0v) is 16.7. The van der Waals surface area contributed by atoms with Crippen molar-refractivity contribution in [3.8, 4) is 5.75 Å². The van der Waals surface area contributed by atoms with Gasteiger partial charge in [-0.05, 0) is 24.6 Å².